The molecule has 0 radical (unpaired) electrons. The Morgan fingerprint density at radius 3 is 2.47 bits per heavy atom. The second-order valence-electron chi connectivity index (χ2n) is 7.00. The van der Waals surface area contributed by atoms with Gasteiger partial charge in [-0.2, -0.15) is 0 Å². The first-order valence-corrected chi connectivity index (χ1v) is 11.7. The molecule has 1 aliphatic rings. The lowest BCUT2D eigenvalue weighted by molar-refractivity contribution is -0.115. The molecule has 0 aliphatic carbocycles. The van der Waals surface area contributed by atoms with Crippen LogP contribution in [0.2, 0.25) is 10.0 Å². The molecule has 4 rings (SSSR count). The largest absolute Gasteiger partial charge is 0.457 e. The third-order valence-corrected chi connectivity index (χ3v) is 6.61. The first-order valence-electron chi connectivity index (χ1n) is 10.2. The quantitative estimate of drug-likeness (QED) is 0.382. The lowest BCUT2D eigenvalue weighted by Gasteiger charge is -2.20. The van der Waals surface area contributed by atoms with Gasteiger partial charge in [0.15, 0.2) is 5.17 Å². The van der Waals surface area contributed by atoms with Gasteiger partial charge in [-0.05, 0) is 80.2 Å². The van der Waals surface area contributed by atoms with Gasteiger partial charge in [0.05, 0.1) is 20.6 Å². The maximum atomic E-state index is 12.4. The molecule has 0 unspecified atom stereocenters. The van der Waals surface area contributed by atoms with Crippen LogP contribution in [-0.2, 0) is 4.79 Å². The highest BCUT2D eigenvalue weighted by Gasteiger charge is 2.24. The van der Waals surface area contributed by atoms with Crippen molar-refractivity contribution >= 4 is 63.5 Å². The van der Waals surface area contributed by atoms with E-state index in [0.717, 1.165) is 30.0 Å². The van der Waals surface area contributed by atoms with E-state index in [1.165, 1.54) is 11.8 Å². The number of carbonyl (C=O) groups is 1. The number of nitrogens with zero attached hydrogens (tertiary/aromatic N) is 2. The third-order valence-electron chi connectivity index (χ3n) is 4.96. The number of anilines is 1. The van der Waals surface area contributed by atoms with Gasteiger partial charge in [-0.25, -0.2) is 4.99 Å². The number of hydrogen-bond acceptors (Lipinski definition) is 5. The average molecular weight is 486 g/mol. The highest BCUT2D eigenvalue weighted by Crippen LogP contribution is 2.32. The summed E-state index contributed by atoms with van der Waals surface area (Å²) >= 11 is 13.3. The molecule has 1 saturated heterocycles. The first-order chi connectivity index (χ1) is 15.5. The van der Waals surface area contributed by atoms with Gasteiger partial charge < -0.3 is 14.6 Å². The van der Waals surface area contributed by atoms with Crippen molar-refractivity contribution in [2.45, 2.75) is 13.8 Å². The van der Waals surface area contributed by atoms with Crippen molar-refractivity contribution in [1.29, 1.82) is 0 Å². The summed E-state index contributed by atoms with van der Waals surface area (Å²) in [6.07, 6.45) is 1.70. The molecule has 1 fully saturated rings. The number of amides is 1. The van der Waals surface area contributed by atoms with Crippen molar-refractivity contribution in [1.82, 2.24) is 5.32 Å². The molecule has 0 spiro atoms. The van der Waals surface area contributed by atoms with Crippen molar-refractivity contribution < 1.29 is 9.21 Å². The van der Waals surface area contributed by atoms with Crippen LogP contribution in [0.1, 0.15) is 19.6 Å². The Morgan fingerprint density at radius 2 is 1.78 bits per heavy atom. The van der Waals surface area contributed by atoms with Gasteiger partial charge in [0, 0.05) is 30.4 Å². The van der Waals surface area contributed by atoms with E-state index >= 15 is 0 Å². The summed E-state index contributed by atoms with van der Waals surface area (Å²) in [7, 11) is 0. The standard InChI is InChI=1S/C24H21Cl2N3O2S/c1-3-29(4-2)17-8-6-16(7-9-17)27-24-28-23(30)22(32-24)14-18-10-12-21(31-18)15-5-11-19(25)20(26)13-15/h5-14H,3-4H2,1-2H3,(H,27,28,30)/b22-14+. The summed E-state index contributed by atoms with van der Waals surface area (Å²) in [5, 5.41) is 4.28. The Labute approximate surface area is 201 Å². The number of furan rings is 1. The second kappa shape index (κ2) is 9.86. The zero-order chi connectivity index (χ0) is 22.7. The van der Waals surface area contributed by atoms with E-state index in [-0.39, 0.29) is 5.91 Å². The molecule has 5 nitrogen and oxygen atoms in total. The molecule has 0 atom stereocenters. The van der Waals surface area contributed by atoms with Crippen LogP contribution in [0.4, 0.5) is 11.4 Å². The predicted octanol–water partition coefficient (Wildman–Crippen LogP) is 6.99. The van der Waals surface area contributed by atoms with Crippen LogP contribution in [0.25, 0.3) is 17.4 Å². The Hall–Kier alpha value is -2.67. The van der Waals surface area contributed by atoms with E-state index in [1.54, 1.807) is 24.3 Å². The second-order valence-corrected chi connectivity index (χ2v) is 8.85. The number of aliphatic imine (C=N–C) groups is 1. The molecule has 0 bridgehead atoms. The molecule has 1 amide bonds. The smallest absolute Gasteiger partial charge is 0.264 e. The number of hydrogen-bond donors (Lipinski definition) is 1. The zero-order valence-corrected chi connectivity index (χ0v) is 19.9. The Morgan fingerprint density at radius 1 is 1.03 bits per heavy atom. The maximum Gasteiger partial charge on any atom is 0.264 e. The van der Waals surface area contributed by atoms with E-state index in [1.807, 2.05) is 36.4 Å². The van der Waals surface area contributed by atoms with E-state index in [9.17, 15) is 4.79 Å². The van der Waals surface area contributed by atoms with Crippen molar-refractivity contribution in [3.63, 3.8) is 0 Å². The molecule has 1 aromatic heterocycles. The Bertz CT molecular complexity index is 1200. The molecule has 164 valence electrons. The normalized spacial score (nSPS) is 16.1. The summed E-state index contributed by atoms with van der Waals surface area (Å²) in [4.78, 5) is 19.7. The van der Waals surface area contributed by atoms with Crippen LogP contribution in [-0.4, -0.2) is 24.2 Å². The van der Waals surface area contributed by atoms with Gasteiger partial charge in [0.1, 0.15) is 11.5 Å². The number of thioether (sulfide) groups is 1. The van der Waals surface area contributed by atoms with Crippen LogP contribution in [0.15, 0.2) is 68.9 Å². The van der Waals surface area contributed by atoms with Gasteiger partial charge >= 0.3 is 0 Å². The summed E-state index contributed by atoms with van der Waals surface area (Å²) in [5.74, 6) is 0.996. The summed E-state index contributed by atoms with van der Waals surface area (Å²) < 4.78 is 5.87. The lowest BCUT2D eigenvalue weighted by Crippen LogP contribution is -2.21. The van der Waals surface area contributed by atoms with Crippen molar-refractivity contribution in [2.24, 2.45) is 4.99 Å². The molecule has 2 aromatic carbocycles. The number of halogens is 2. The summed E-state index contributed by atoms with van der Waals surface area (Å²) in [6, 6.07) is 16.9. The minimum absolute atomic E-state index is 0.207. The molecular formula is C24H21Cl2N3O2S. The molecular weight excluding hydrogens is 465 g/mol. The summed E-state index contributed by atoms with van der Waals surface area (Å²) in [5.41, 5.74) is 2.74. The van der Waals surface area contributed by atoms with Gasteiger partial charge in [-0.15, -0.1) is 0 Å². The van der Waals surface area contributed by atoms with Crippen LogP contribution in [0.5, 0.6) is 0 Å². The number of nitrogens with one attached hydrogen (secondary N) is 1. The van der Waals surface area contributed by atoms with Gasteiger partial charge in [-0.1, -0.05) is 23.2 Å². The van der Waals surface area contributed by atoms with Crippen LogP contribution < -0.4 is 10.2 Å². The molecule has 8 heteroatoms. The van der Waals surface area contributed by atoms with Crippen molar-refractivity contribution in [3.05, 3.63) is 75.3 Å². The molecule has 0 saturated carbocycles. The minimum atomic E-state index is -0.207. The monoisotopic (exact) mass is 485 g/mol. The number of benzene rings is 2. The zero-order valence-electron chi connectivity index (χ0n) is 17.6. The molecule has 3 aromatic rings. The highest BCUT2D eigenvalue weighted by atomic mass is 35.5. The van der Waals surface area contributed by atoms with E-state index in [0.29, 0.717) is 31.6 Å². The molecule has 1 N–H and O–H groups in total. The van der Waals surface area contributed by atoms with E-state index in [2.05, 4.69) is 29.1 Å². The fraction of sp³-hybridized carbons (Fsp3) is 0.167. The van der Waals surface area contributed by atoms with E-state index in [4.69, 9.17) is 27.6 Å². The number of amidine groups is 1. The topological polar surface area (TPSA) is 57.8 Å². The van der Waals surface area contributed by atoms with E-state index < -0.39 is 0 Å². The fourth-order valence-electron chi connectivity index (χ4n) is 3.29. The first kappa shape index (κ1) is 22.5. The minimum Gasteiger partial charge on any atom is -0.457 e. The Kier molecular flexibility index (Phi) is 6.94. The SMILES string of the molecule is CCN(CC)c1ccc(N=C2NC(=O)/C(=C\c3ccc(-c4ccc(Cl)c(Cl)c4)o3)S2)cc1. The molecule has 2 heterocycles. The molecule has 1 aliphatic heterocycles. The summed E-state index contributed by atoms with van der Waals surface area (Å²) in [6.45, 7) is 6.15. The van der Waals surface area contributed by atoms with Crippen LogP contribution in [0.3, 0.4) is 0 Å². The maximum absolute atomic E-state index is 12.4. The lowest BCUT2D eigenvalue weighted by atomic mass is 10.2. The van der Waals surface area contributed by atoms with Crippen LogP contribution >= 0.6 is 35.0 Å². The third kappa shape index (κ3) is 5.04. The van der Waals surface area contributed by atoms with Crippen molar-refractivity contribution in [2.75, 3.05) is 18.0 Å². The predicted molar refractivity (Wildman–Crippen MR) is 135 cm³/mol. The van der Waals surface area contributed by atoms with Crippen molar-refractivity contribution in [3.8, 4) is 11.3 Å². The van der Waals surface area contributed by atoms with Gasteiger partial charge in [0.25, 0.3) is 5.91 Å². The average Bonchev–Trinajstić information content (AvgIpc) is 3.39. The highest BCUT2D eigenvalue weighted by molar-refractivity contribution is 8.18. The van der Waals surface area contributed by atoms with Gasteiger partial charge in [0.2, 0.25) is 0 Å². The Balaban J connectivity index is 1.49. The van der Waals surface area contributed by atoms with Crippen LogP contribution in [0, 0.1) is 0 Å². The molecule has 32 heavy (non-hydrogen) atoms. The number of carbonyl (C=O) groups excluding carboxylic acids is 1. The van der Waals surface area contributed by atoms with Gasteiger partial charge in [-0.3, -0.25) is 4.79 Å². The number of rotatable bonds is 6. The fourth-order valence-corrected chi connectivity index (χ4v) is 4.41.